The highest BCUT2D eigenvalue weighted by Crippen LogP contribution is 2.24. The lowest BCUT2D eigenvalue weighted by molar-refractivity contribution is -0.132. The molecule has 0 spiro atoms. The molecule has 0 bridgehead atoms. The lowest BCUT2D eigenvalue weighted by atomic mass is 9.89. The molecule has 0 aliphatic carbocycles. The summed E-state index contributed by atoms with van der Waals surface area (Å²) in [6.45, 7) is 5.14. The van der Waals surface area contributed by atoms with Gasteiger partial charge in [0.2, 0.25) is 5.91 Å². The van der Waals surface area contributed by atoms with Crippen molar-refractivity contribution in [2.75, 3.05) is 13.1 Å². The molecule has 1 fully saturated rings. The minimum Gasteiger partial charge on any atom is -0.491 e. The number of carbonyl (C=O) groups is 2. The minimum atomic E-state index is -0.151. The van der Waals surface area contributed by atoms with Crippen molar-refractivity contribution < 1.29 is 14.3 Å². The Morgan fingerprint density at radius 3 is 2.82 bits per heavy atom. The number of ketones is 1. The van der Waals surface area contributed by atoms with Gasteiger partial charge in [0.15, 0.2) is 5.78 Å². The number of rotatable bonds is 7. The molecular weight excluding hydrogens is 352 g/mol. The van der Waals surface area contributed by atoms with Gasteiger partial charge in [-0.15, -0.1) is 0 Å². The molecule has 1 amide bonds. The molecule has 3 rings (SSSR count). The zero-order chi connectivity index (χ0) is 19.9. The molecule has 2 heterocycles. The standard InChI is InChI=1S/C23H28N2O3/c1-17(2)28-21-10-5-7-18(15-21)23(27)19-8-6-14-25(16-19)22(26)12-11-20-9-3-4-13-24-20/h3-5,7,9-10,13,15,17,19H,6,8,11-12,14,16H2,1-2H3/t19-/m0/s1. The first kappa shape index (κ1) is 20.1. The van der Waals surface area contributed by atoms with E-state index < -0.39 is 0 Å². The molecule has 1 aromatic carbocycles. The number of hydrogen-bond acceptors (Lipinski definition) is 4. The van der Waals surface area contributed by atoms with Crippen LogP contribution in [0.3, 0.4) is 0 Å². The maximum atomic E-state index is 13.0. The number of amides is 1. The molecule has 148 valence electrons. The molecule has 1 aliphatic rings. The number of hydrogen-bond donors (Lipinski definition) is 0. The number of pyridine rings is 1. The average Bonchev–Trinajstić information content (AvgIpc) is 2.72. The predicted octanol–water partition coefficient (Wildman–Crippen LogP) is 3.92. The molecule has 5 heteroatoms. The van der Waals surface area contributed by atoms with E-state index in [0.29, 0.717) is 30.7 Å². The monoisotopic (exact) mass is 380 g/mol. The van der Waals surface area contributed by atoms with Crippen LogP contribution in [-0.4, -0.2) is 40.8 Å². The topological polar surface area (TPSA) is 59.5 Å². The van der Waals surface area contributed by atoms with Crippen molar-refractivity contribution in [3.63, 3.8) is 0 Å². The SMILES string of the molecule is CC(C)Oc1cccc(C(=O)[C@H]2CCCN(C(=O)CCc3ccccn3)C2)c1. The first-order chi connectivity index (χ1) is 13.5. The number of piperidine rings is 1. The van der Waals surface area contributed by atoms with E-state index in [1.807, 2.05) is 61.2 Å². The highest BCUT2D eigenvalue weighted by molar-refractivity contribution is 5.98. The zero-order valence-corrected chi connectivity index (χ0v) is 16.6. The van der Waals surface area contributed by atoms with Gasteiger partial charge in [0, 0.05) is 42.9 Å². The predicted molar refractivity (Wildman–Crippen MR) is 108 cm³/mol. The van der Waals surface area contributed by atoms with Crippen LogP contribution in [0, 0.1) is 5.92 Å². The van der Waals surface area contributed by atoms with Crippen LogP contribution in [-0.2, 0) is 11.2 Å². The fraction of sp³-hybridized carbons (Fsp3) is 0.435. The Balaban J connectivity index is 1.59. The van der Waals surface area contributed by atoms with Crippen LogP contribution in [0.2, 0.25) is 0 Å². The molecule has 1 atom stereocenters. The summed E-state index contributed by atoms with van der Waals surface area (Å²) in [5.74, 6) is 0.748. The Morgan fingerprint density at radius 1 is 1.21 bits per heavy atom. The summed E-state index contributed by atoms with van der Waals surface area (Å²) in [6, 6.07) is 13.1. The maximum Gasteiger partial charge on any atom is 0.222 e. The van der Waals surface area contributed by atoms with Crippen LogP contribution in [0.4, 0.5) is 0 Å². The molecule has 0 unspecified atom stereocenters. The number of Topliss-reactive ketones (excluding diaryl/α,β-unsaturated/α-hetero) is 1. The molecule has 1 aromatic heterocycles. The molecule has 1 saturated heterocycles. The smallest absolute Gasteiger partial charge is 0.222 e. The van der Waals surface area contributed by atoms with Crippen LogP contribution in [0.1, 0.15) is 49.2 Å². The van der Waals surface area contributed by atoms with Gasteiger partial charge in [-0.1, -0.05) is 18.2 Å². The van der Waals surface area contributed by atoms with Crippen molar-refractivity contribution in [1.29, 1.82) is 0 Å². The normalized spacial score (nSPS) is 16.8. The van der Waals surface area contributed by atoms with Crippen molar-refractivity contribution in [2.45, 2.75) is 45.6 Å². The van der Waals surface area contributed by atoms with E-state index in [9.17, 15) is 9.59 Å². The number of carbonyl (C=O) groups excluding carboxylic acids is 2. The third-order valence-electron chi connectivity index (χ3n) is 4.96. The fourth-order valence-corrected chi connectivity index (χ4v) is 3.59. The number of ether oxygens (including phenoxy) is 1. The van der Waals surface area contributed by atoms with Gasteiger partial charge in [0.05, 0.1) is 6.10 Å². The molecule has 0 N–H and O–H groups in total. The lowest BCUT2D eigenvalue weighted by Crippen LogP contribution is -2.42. The van der Waals surface area contributed by atoms with Gasteiger partial charge in [-0.05, 0) is 57.4 Å². The summed E-state index contributed by atoms with van der Waals surface area (Å²) in [7, 11) is 0. The number of benzene rings is 1. The summed E-state index contributed by atoms with van der Waals surface area (Å²) in [6.07, 6.45) is 4.53. The van der Waals surface area contributed by atoms with Crippen molar-refractivity contribution in [3.05, 3.63) is 59.9 Å². The van der Waals surface area contributed by atoms with E-state index in [1.165, 1.54) is 0 Å². The van der Waals surface area contributed by atoms with E-state index in [-0.39, 0.29) is 23.7 Å². The summed E-state index contributed by atoms with van der Waals surface area (Å²) in [5, 5.41) is 0. The fourth-order valence-electron chi connectivity index (χ4n) is 3.59. The Kier molecular flexibility index (Phi) is 6.80. The summed E-state index contributed by atoms with van der Waals surface area (Å²) >= 11 is 0. The molecule has 5 nitrogen and oxygen atoms in total. The average molecular weight is 380 g/mol. The highest BCUT2D eigenvalue weighted by Gasteiger charge is 2.29. The zero-order valence-electron chi connectivity index (χ0n) is 16.6. The number of aryl methyl sites for hydroxylation is 1. The van der Waals surface area contributed by atoms with Gasteiger partial charge in [-0.25, -0.2) is 0 Å². The second kappa shape index (κ2) is 9.49. The number of aromatic nitrogens is 1. The first-order valence-electron chi connectivity index (χ1n) is 10.0. The van der Waals surface area contributed by atoms with Crippen molar-refractivity contribution in [2.24, 2.45) is 5.92 Å². The molecular formula is C23H28N2O3. The van der Waals surface area contributed by atoms with Gasteiger partial charge in [0.1, 0.15) is 5.75 Å². The second-order valence-electron chi connectivity index (χ2n) is 7.56. The van der Waals surface area contributed by atoms with Crippen LogP contribution in [0.15, 0.2) is 48.7 Å². The Hall–Kier alpha value is -2.69. The summed E-state index contributed by atoms with van der Waals surface area (Å²) in [5.41, 5.74) is 1.58. The summed E-state index contributed by atoms with van der Waals surface area (Å²) < 4.78 is 5.70. The van der Waals surface area contributed by atoms with E-state index in [4.69, 9.17) is 4.74 Å². The molecule has 0 radical (unpaired) electrons. The Bertz CT molecular complexity index is 805. The molecule has 0 saturated carbocycles. The Morgan fingerprint density at radius 2 is 2.07 bits per heavy atom. The molecule has 2 aromatic rings. The highest BCUT2D eigenvalue weighted by atomic mass is 16.5. The Labute approximate surface area is 166 Å². The molecule has 1 aliphatic heterocycles. The van der Waals surface area contributed by atoms with E-state index >= 15 is 0 Å². The van der Waals surface area contributed by atoms with Crippen molar-refractivity contribution in [1.82, 2.24) is 9.88 Å². The first-order valence-corrected chi connectivity index (χ1v) is 10.0. The third-order valence-corrected chi connectivity index (χ3v) is 4.96. The number of nitrogens with zero attached hydrogens (tertiary/aromatic N) is 2. The summed E-state index contributed by atoms with van der Waals surface area (Å²) in [4.78, 5) is 31.7. The quantitative estimate of drug-likeness (QED) is 0.683. The van der Waals surface area contributed by atoms with Gasteiger partial charge in [-0.2, -0.15) is 0 Å². The van der Waals surface area contributed by atoms with E-state index in [0.717, 1.165) is 25.1 Å². The van der Waals surface area contributed by atoms with Gasteiger partial charge >= 0.3 is 0 Å². The van der Waals surface area contributed by atoms with Gasteiger partial charge < -0.3 is 9.64 Å². The van der Waals surface area contributed by atoms with Crippen molar-refractivity contribution >= 4 is 11.7 Å². The maximum absolute atomic E-state index is 13.0. The van der Waals surface area contributed by atoms with Crippen LogP contribution >= 0.6 is 0 Å². The minimum absolute atomic E-state index is 0.0623. The third kappa shape index (κ3) is 5.41. The van der Waals surface area contributed by atoms with Crippen molar-refractivity contribution in [3.8, 4) is 5.75 Å². The second-order valence-corrected chi connectivity index (χ2v) is 7.56. The number of likely N-dealkylation sites (tertiary alicyclic amines) is 1. The molecule has 28 heavy (non-hydrogen) atoms. The van der Waals surface area contributed by atoms with Gasteiger partial charge in [0.25, 0.3) is 0 Å². The van der Waals surface area contributed by atoms with Crippen LogP contribution in [0.5, 0.6) is 5.75 Å². The van der Waals surface area contributed by atoms with Crippen LogP contribution in [0.25, 0.3) is 0 Å². The lowest BCUT2D eigenvalue weighted by Gasteiger charge is -2.32. The van der Waals surface area contributed by atoms with E-state index in [1.54, 1.807) is 6.20 Å². The van der Waals surface area contributed by atoms with E-state index in [2.05, 4.69) is 4.98 Å². The van der Waals surface area contributed by atoms with Crippen LogP contribution < -0.4 is 4.74 Å². The largest absolute Gasteiger partial charge is 0.491 e. The van der Waals surface area contributed by atoms with Gasteiger partial charge in [-0.3, -0.25) is 14.6 Å².